The summed E-state index contributed by atoms with van der Waals surface area (Å²) in [4.78, 5) is 86.6. The molecular formula is C52H69ClF2N10O7S. The highest BCUT2D eigenvalue weighted by Gasteiger charge is 2.41. The lowest BCUT2D eigenvalue weighted by atomic mass is 9.84. The van der Waals surface area contributed by atoms with Gasteiger partial charge in [0.05, 0.1) is 58.1 Å². The topological polar surface area (TPSA) is 175 Å². The molecule has 8 rings (SSSR count). The van der Waals surface area contributed by atoms with Crippen LogP contribution in [0.25, 0.3) is 33.4 Å². The Kier molecular flexibility index (Phi) is 16.5. The maximum absolute atomic E-state index is 17.0. The van der Waals surface area contributed by atoms with Crippen LogP contribution in [0.3, 0.4) is 0 Å². The summed E-state index contributed by atoms with van der Waals surface area (Å²) in [5.41, 5.74) is 5.89. The van der Waals surface area contributed by atoms with Crippen LogP contribution in [0.2, 0.25) is 0 Å². The highest BCUT2D eigenvalue weighted by molar-refractivity contribution is 7.10. The van der Waals surface area contributed by atoms with E-state index in [1.165, 1.54) is 33.2 Å². The van der Waals surface area contributed by atoms with Crippen LogP contribution in [0, 0.1) is 23.1 Å². The number of anilines is 1. The van der Waals surface area contributed by atoms with Gasteiger partial charge in [-0.2, -0.15) is 0 Å². The second kappa shape index (κ2) is 22.3. The number of aromatic nitrogens is 3. The van der Waals surface area contributed by atoms with E-state index in [0.717, 1.165) is 59.8 Å². The number of alkyl halides is 2. The zero-order valence-corrected chi connectivity index (χ0v) is 44.9. The van der Waals surface area contributed by atoms with Crippen LogP contribution in [-0.4, -0.2) is 161 Å². The Morgan fingerprint density at radius 1 is 1.07 bits per heavy atom. The van der Waals surface area contributed by atoms with E-state index in [-0.39, 0.29) is 50.8 Å². The van der Waals surface area contributed by atoms with Crippen molar-refractivity contribution in [2.75, 3.05) is 78.5 Å². The third-order valence-electron chi connectivity index (χ3n) is 14.9. The van der Waals surface area contributed by atoms with Crippen molar-refractivity contribution in [3.63, 3.8) is 0 Å². The van der Waals surface area contributed by atoms with Gasteiger partial charge in [0, 0.05) is 100 Å². The van der Waals surface area contributed by atoms with Crippen LogP contribution < -0.4 is 15.6 Å². The first kappa shape index (κ1) is 54.0. The number of halogens is 3. The average molecular weight is 1050 g/mol. The van der Waals surface area contributed by atoms with Crippen molar-refractivity contribution >= 4 is 69.1 Å². The van der Waals surface area contributed by atoms with E-state index in [9.17, 15) is 28.4 Å². The van der Waals surface area contributed by atoms with Gasteiger partial charge in [0.25, 0.3) is 17.4 Å². The first-order valence-corrected chi connectivity index (χ1v) is 26.7. The second-order valence-corrected chi connectivity index (χ2v) is 22.4. The van der Waals surface area contributed by atoms with E-state index in [1.54, 1.807) is 32.4 Å². The lowest BCUT2D eigenvalue weighted by molar-refractivity contribution is -0.155. The number of carbonyl (C=O) groups is 5. The number of nitrogens with one attached hydrogen (secondary N) is 2. The molecule has 3 aromatic heterocycles. The minimum Gasteiger partial charge on any atom is -0.464 e. The van der Waals surface area contributed by atoms with Crippen molar-refractivity contribution in [2.24, 2.45) is 17.3 Å². The van der Waals surface area contributed by atoms with Gasteiger partial charge in [-0.05, 0) is 76.3 Å². The zero-order chi connectivity index (χ0) is 52.6. The first-order valence-electron chi connectivity index (χ1n) is 25.3. The Labute approximate surface area is 434 Å². The summed E-state index contributed by atoms with van der Waals surface area (Å²) in [5.74, 6) is -4.63. The van der Waals surface area contributed by atoms with Crippen LogP contribution in [0.5, 0.6) is 0 Å². The molecule has 73 heavy (non-hydrogen) atoms. The SMILES string of the molecule is CCn1c(-c2cc(N3CCN(C)CC3)cnc2C(C)OC)c2c3cc(c(F)cc31)-c1csc(n1)C[C@H](NC(=O)[C@H](C(C)C)N(C)C(=O)C1CCN(C(=O)C(F)Cl)C1)C(=O)N1CCCC(N1)C(=O)OCC(C)(C)C2. The van der Waals surface area contributed by atoms with Gasteiger partial charge in [0.2, 0.25) is 11.8 Å². The number of likely N-dealkylation sites (N-methyl/N-ethyl adjacent to an activating group) is 2. The molecule has 0 aliphatic carbocycles. The minimum atomic E-state index is -2.23. The largest absolute Gasteiger partial charge is 0.464 e. The summed E-state index contributed by atoms with van der Waals surface area (Å²) in [6, 6.07) is 2.41. The predicted octanol–water partition coefficient (Wildman–Crippen LogP) is 5.96. The molecular weight excluding hydrogens is 982 g/mol. The van der Waals surface area contributed by atoms with Gasteiger partial charge in [0.15, 0.2) is 0 Å². The number of methoxy groups -OCH3 is 1. The number of hydrazine groups is 1. The molecule has 3 fully saturated rings. The number of piperazine rings is 1. The third kappa shape index (κ3) is 11.4. The predicted molar refractivity (Wildman–Crippen MR) is 276 cm³/mol. The van der Waals surface area contributed by atoms with Crippen molar-refractivity contribution in [1.82, 2.24) is 45.0 Å². The normalized spacial score (nSPS) is 22.3. The number of thiazole rings is 1. The fourth-order valence-corrected chi connectivity index (χ4v) is 11.8. The number of cyclic esters (lactones) is 1. The highest BCUT2D eigenvalue weighted by Crippen LogP contribution is 2.44. The second-order valence-electron chi connectivity index (χ2n) is 21.1. The summed E-state index contributed by atoms with van der Waals surface area (Å²) < 4.78 is 44.8. The molecule has 1 aromatic carbocycles. The molecule has 4 amide bonds. The van der Waals surface area contributed by atoms with Crippen LogP contribution in [0.15, 0.2) is 29.8 Å². The van der Waals surface area contributed by atoms with Crippen molar-refractivity contribution in [2.45, 2.75) is 110 Å². The summed E-state index contributed by atoms with van der Waals surface area (Å²) in [6.07, 6.45) is 2.99. The minimum absolute atomic E-state index is 0.0282. The number of pyridine rings is 1. The maximum atomic E-state index is 17.0. The molecule has 0 radical (unpaired) electrons. The smallest absolute Gasteiger partial charge is 0.324 e. The van der Waals surface area contributed by atoms with Gasteiger partial charge in [-0.25, -0.2) is 19.2 Å². The summed E-state index contributed by atoms with van der Waals surface area (Å²) in [6.45, 7) is 15.9. The number of esters is 1. The molecule has 4 unspecified atom stereocenters. The lowest BCUT2D eigenvalue weighted by Gasteiger charge is -2.37. The third-order valence-corrected chi connectivity index (χ3v) is 15.9. The Bertz CT molecular complexity index is 2730. The molecule has 6 bridgehead atoms. The van der Waals surface area contributed by atoms with Crippen molar-refractivity contribution in [3.8, 4) is 22.5 Å². The Morgan fingerprint density at radius 2 is 1.81 bits per heavy atom. The van der Waals surface area contributed by atoms with E-state index in [4.69, 9.17) is 31.0 Å². The number of hydrogen-bond donors (Lipinski definition) is 2. The monoisotopic (exact) mass is 1050 g/mol. The molecule has 0 spiro atoms. The van der Waals surface area contributed by atoms with Crippen LogP contribution in [0.1, 0.15) is 83.2 Å². The van der Waals surface area contributed by atoms with Gasteiger partial charge in [-0.3, -0.25) is 34.0 Å². The molecule has 4 aliphatic rings. The Morgan fingerprint density at radius 3 is 2.49 bits per heavy atom. The maximum Gasteiger partial charge on any atom is 0.324 e. The zero-order valence-electron chi connectivity index (χ0n) is 43.3. The van der Waals surface area contributed by atoms with E-state index in [0.29, 0.717) is 42.0 Å². The van der Waals surface area contributed by atoms with Crippen molar-refractivity contribution in [3.05, 3.63) is 51.9 Å². The quantitative estimate of drug-likeness (QED) is 0.134. The molecule has 21 heteroatoms. The van der Waals surface area contributed by atoms with E-state index in [1.807, 2.05) is 40.0 Å². The number of carbonyl (C=O) groups excluding carboxylic acids is 5. The van der Waals surface area contributed by atoms with Gasteiger partial charge >= 0.3 is 5.97 Å². The number of likely N-dealkylation sites (tertiary alicyclic amines) is 1. The van der Waals surface area contributed by atoms with E-state index in [2.05, 4.69) is 38.2 Å². The van der Waals surface area contributed by atoms with Gasteiger partial charge in [-0.15, -0.1) is 11.3 Å². The molecule has 4 aliphatic heterocycles. The summed E-state index contributed by atoms with van der Waals surface area (Å²) >= 11 is 6.64. The molecule has 7 heterocycles. The highest BCUT2D eigenvalue weighted by atomic mass is 35.5. The first-order chi connectivity index (χ1) is 34.7. The number of fused-ring (bicyclic) bond motifs is 6. The summed E-state index contributed by atoms with van der Waals surface area (Å²) in [5, 5.41) is 7.25. The van der Waals surface area contributed by atoms with Gasteiger partial charge < -0.3 is 39.0 Å². The standard InChI is InChI=1S/C52H69ClF2N10O7S/c1-10-64-41-22-37(54)34-21-33(41)36(45(64)35-20-32(25-56-43(35)30(4)71-9)62-18-16-60(7)17-19-62)24-52(5,6)28-72-51(70)38-12-11-14-65(59-38)49(68)39(23-42-57-40(34)27-73-42)58-47(66)44(29(2)3)61(8)48(67)31-13-15-63(26-31)50(69)46(53)55/h20-22,25,27,29-31,38-39,44,46,59H,10-19,23-24,26,28H2,1-9H3,(H,58,66)/t30?,31?,38?,39-,44-,46?/m0/s1. The van der Waals surface area contributed by atoms with Crippen LogP contribution in [0.4, 0.5) is 14.5 Å². The number of nitrogens with zero attached hydrogens (tertiary/aromatic N) is 8. The van der Waals surface area contributed by atoms with Crippen LogP contribution >= 0.6 is 22.9 Å². The Balaban J connectivity index is 1.20. The number of ether oxygens (including phenoxy) is 2. The molecule has 3 saturated heterocycles. The number of amides is 4. The van der Waals surface area contributed by atoms with Crippen molar-refractivity contribution in [1.29, 1.82) is 0 Å². The number of benzene rings is 1. The number of hydrogen-bond acceptors (Lipinski definition) is 13. The fourth-order valence-electron chi connectivity index (χ4n) is 10.8. The molecule has 2 N–H and O–H groups in total. The molecule has 6 atom stereocenters. The molecule has 17 nitrogen and oxygen atoms in total. The average Bonchev–Trinajstić information content (AvgIpc) is 4.12. The molecule has 4 aromatic rings. The molecule has 396 valence electrons. The van der Waals surface area contributed by atoms with E-state index >= 15 is 4.39 Å². The van der Waals surface area contributed by atoms with Crippen LogP contribution in [-0.2, 0) is 52.8 Å². The fraction of sp³-hybridized carbons (Fsp3) is 0.596. The molecule has 0 saturated carbocycles. The summed E-state index contributed by atoms with van der Waals surface area (Å²) in [7, 11) is 5.27. The lowest BCUT2D eigenvalue weighted by Crippen LogP contribution is -2.62. The van der Waals surface area contributed by atoms with Gasteiger partial charge in [0.1, 0.15) is 23.9 Å². The Hall–Kier alpha value is -5.28. The van der Waals surface area contributed by atoms with Gasteiger partial charge in [-0.1, -0.05) is 39.3 Å². The van der Waals surface area contributed by atoms with Crippen molar-refractivity contribution < 1.29 is 42.2 Å². The number of aryl methyl sites for hydroxylation is 1. The number of rotatable bonds is 11. The van der Waals surface area contributed by atoms with E-state index < -0.39 is 76.4 Å².